The Labute approximate surface area is 119 Å². The lowest BCUT2D eigenvalue weighted by Crippen LogP contribution is -2.28. The summed E-state index contributed by atoms with van der Waals surface area (Å²) in [7, 11) is 0. The summed E-state index contributed by atoms with van der Waals surface area (Å²) in [6, 6.07) is 3.59. The van der Waals surface area contributed by atoms with Crippen molar-refractivity contribution in [2.75, 3.05) is 0 Å². The molecule has 3 rings (SSSR count). The van der Waals surface area contributed by atoms with E-state index < -0.39 is 17.7 Å². The van der Waals surface area contributed by atoms with Crippen LogP contribution < -0.4 is 5.69 Å². The van der Waals surface area contributed by atoms with Crippen LogP contribution in [0.2, 0.25) is 0 Å². The van der Waals surface area contributed by atoms with Gasteiger partial charge >= 0.3 is 5.69 Å². The first-order valence-corrected chi connectivity index (χ1v) is 6.86. The number of halogens is 2. The van der Waals surface area contributed by atoms with Crippen LogP contribution in [0, 0.1) is 11.6 Å². The summed E-state index contributed by atoms with van der Waals surface area (Å²) >= 11 is 0. The fourth-order valence-electron chi connectivity index (χ4n) is 2.61. The van der Waals surface area contributed by atoms with Gasteiger partial charge in [-0.1, -0.05) is 12.1 Å². The Morgan fingerprint density at radius 3 is 2.90 bits per heavy atom. The third-order valence-electron chi connectivity index (χ3n) is 3.72. The molecule has 112 valence electrons. The summed E-state index contributed by atoms with van der Waals surface area (Å²) in [5.41, 5.74) is -0.492. The summed E-state index contributed by atoms with van der Waals surface area (Å²) in [5.74, 6) is -1.44. The number of rotatable bonds is 3. The van der Waals surface area contributed by atoms with Crippen molar-refractivity contribution >= 4 is 0 Å². The standard InChI is InChI=1S/C14H15F2N3O2/c15-10-5-3-4-9(13(10)16)11(20)8-19-14(21)18-7-2-1-6-12(18)17-19/h3-5,11,20H,1-2,6-8H2. The number of aryl methyl sites for hydroxylation is 1. The largest absolute Gasteiger partial charge is 0.386 e. The van der Waals surface area contributed by atoms with Crippen molar-refractivity contribution in [3.8, 4) is 0 Å². The van der Waals surface area contributed by atoms with Crippen molar-refractivity contribution in [3.63, 3.8) is 0 Å². The van der Waals surface area contributed by atoms with Crippen molar-refractivity contribution in [2.24, 2.45) is 0 Å². The Hall–Kier alpha value is -2.02. The third kappa shape index (κ3) is 2.49. The number of aliphatic hydroxyl groups is 1. The van der Waals surface area contributed by atoms with Gasteiger partial charge in [-0.25, -0.2) is 18.3 Å². The molecule has 21 heavy (non-hydrogen) atoms. The Bertz CT molecular complexity index is 723. The highest BCUT2D eigenvalue weighted by molar-refractivity contribution is 5.21. The van der Waals surface area contributed by atoms with Crippen LogP contribution >= 0.6 is 0 Å². The first-order valence-electron chi connectivity index (χ1n) is 6.86. The van der Waals surface area contributed by atoms with Crippen LogP contribution in [0.1, 0.15) is 30.3 Å². The second-order valence-corrected chi connectivity index (χ2v) is 5.15. The Kier molecular flexibility index (Phi) is 3.59. The van der Waals surface area contributed by atoms with Crippen molar-refractivity contribution in [2.45, 2.75) is 38.5 Å². The maximum Gasteiger partial charge on any atom is 0.346 e. The van der Waals surface area contributed by atoms with Gasteiger partial charge in [-0.05, 0) is 18.9 Å². The van der Waals surface area contributed by atoms with E-state index >= 15 is 0 Å². The molecule has 1 aromatic carbocycles. The van der Waals surface area contributed by atoms with Crippen LogP contribution in [0.3, 0.4) is 0 Å². The van der Waals surface area contributed by atoms with E-state index in [1.165, 1.54) is 12.1 Å². The second kappa shape index (κ2) is 5.40. The van der Waals surface area contributed by atoms with Crippen molar-refractivity contribution in [1.29, 1.82) is 0 Å². The van der Waals surface area contributed by atoms with E-state index in [-0.39, 0.29) is 17.8 Å². The van der Waals surface area contributed by atoms with Gasteiger partial charge in [-0.15, -0.1) is 0 Å². The fraction of sp³-hybridized carbons (Fsp3) is 0.429. The topological polar surface area (TPSA) is 60.1 Å². The quantitative estimate of drug-likeness (QED) is 0.931. The predicted molar refractivity (Wildman–Crippen MR) is 70.7 cm³/mol. The molecule has 1 aliphatic heterocycles. The molecule has 1 atom stereocenters. The molecule has 0 radical (unpaired) electrons. The van der Waals surface area contributed by atoms with Crippen LogP contribution in [0.15, 0.2) is 23.0 Å². The van der Waals surface area contributed by atoms with Gasteiger partial charge in [-0.3, -0.25) is 4.57 Å². The number of nitrogens with zero attached hydrogens (tertiary/aromatic N) is 3. The minimum absolute atomic E-state index is 0.173. The highest BCUT2D eigenvalue weighted by atomic mass is 19.2. The lowest BCUT2D eigenvalue weighted by molar-refractivity contribution is 0.144. The van der Waals surface area contributed by atoms with Crippen molar-refractivity contribution < 1.29 is 13.9 Å². The lowest BCUT2D eigenvalue weighted by Gasteiger charge is -2.11. The van der Waals surface area contributed by atoms with Gasteiger partial charge in [-0.2, -0.15) is 5.10 Å². The summed E-state index contributed by atoms with van der Waals surface area (Å²) in [4.78, 5) is 12.1. The van der Waals surface area contributed by atoms with Gasteiger partial charge in [0.1, 0.15) is 11.9 Å². The molecule has 1 aromatic heterocycles. The van der Waals surface area contributed by atoms with Gasteiger partial charge in [0.2, 0.25) is 0 Å². The summed E-state index contributed by atoms with van der Waals surface area (Å²) in [6.45, 7) is 0.414. The predicted octanol–water partition coefficient (Wildman–Crippen LogP) is 1.39. The van der Waals surface area contributed by atoms with Crippen LogP contribution in [0.25, 0.3) is 0 Å². The molecule has 7 heteroatoms. The maximum absolute atomic E-state index is 13.6. The Morgan fingerprint density at radius 2 is 2.14 bits per heavy atom. The number of hydrogen-bond acceptors (Lipinski definition) is 3. The highest BCUT2D eigenvalue weighted by Gasteiger charge is 2.21. The van der Waals surface area contributed by atoms with Gasteiger partial charge in [0.15, 0.2) is 11.6 Å². The number of hydrogen-bond donors (Lipinski definition) is 1. The summed E-state index contributed by atoms with van der Waals surface area (Å²) in [5, 5.41) is 14.2. The van der Waals surface area contributed by atoms with E-state index in [1.807, 2.05) is 0 Å². The first kappa shape index (κ1) is 13.9. The minimum Gasteiger partial charge on any atom is -0.386 e. The molecule has 2 aromatic rings. The number of benzene rings is 1. The van der Waals surface area contributed by atoms with Crippen molar-refractivity contribution in [1.82, 2.24) is 14.3 Å². The average Bonchev–Trinajstić information content (AvgIpc) is 2.79. The second-order valence-electron chi connectivity index (χ2n) is 5.15. The van der Waals surface area contributed by atoms with Crippen LogP contribution in [0.5, 0.6) is 0 Å². The SMILES string of the molecule is O=c1n(CC(O)c2cccc(F)c2F)nc2n1CCCC2. The number of aliphatic hydroxyl groups excluding tert-OH is 1. The lowest BCUT2D eigenvalue weighted by atomic mass is 10.1. The molecule has 1 unspecified atom stereocenters. The molecule has 0 spiro atoms. The van der Waals surface area contributed by atoms with Crippen molar-refractivity contribution in [3.05, 3.63) is 51.7 Å². The van der Waals surface area contributed by atoms with Crippen LogP contribution in [-0.2, 0) is 19.5 Å². The van der Waals surface area contributed by atoms with E-state index in [4.69, 9.17) is 0 Å². The van der Waals surface area contributed by atoms with Gasteiger partial charge in [0.05, 0.1) is 6.54 Å². The van der Waals surface area contributed by atoms with Crippen LogP contribution in [0.4, 0.5) is 8.78 Å². The van der Waals surface area contributed by atoms with E-state index in [2.05, 4.69) is 5.10 Å². The maximum atomic E-state index is 13.6. The molecule has 0 aliphatic carbocycles. The zero-order valence-corrected chi connectivity index (χ0v) is 11.3. The highest BCUT2D eigenvalue weighted by Crippen LogP contribution is 2.20. The molecule has 0 saturated carbocycles. The average molecular weight is 295 g/mol. The zero-order chi connectivity index (χ0) is 15.0. The third-order valence-corrected chi connectivity index (χ3v) is 3.72. The van der Waals surface area contributed by atoms with E-state index in [0.717, 1.165) is 23.6 Å². The number of aromatic nitrogens is 3. The fourth-order valence-corrected chi connectivity index (χ4v) is 2.61. The smallest absolute Gasteiger partial charge is 0.346 e. The Balaban J connectivity index is 1.88. The molecule has 0 amide bonds. The van der Waals surface area contributed by atoms with Gasteiger partial charge < -0.3 is 5.11 Å². The minimum atomic E-state index is -1.32. The molecular weight excluding hydrogens is 280 g/mol. The molecule has 0 bridgehead atoms. The van der Waals surface area contributed by atoms with Gasteiger partial charge in [0.25, 0.3) is 0 Å². The monoisotopic (exact) mass is 295 g/mol. The number of fused-ring (bicyclic) bond motifs is 1. The van der Waals surface area contributed by atoms with E-state index in [0.29, 0.717) is 18.8 Å². The first-order chi connectivity index (χ1) is 10.1. The van der Waals surface area contributed by atoms with Crippen LogP contribution in [-0.4, -0.2) is 19.5 Å². The van der Waals surface area contributed by atoms with E-state index in [9.17, 15) is 18.7 Å². The normalized spacial score (nSPS) is 15.8. The van der Waals surface area contributed by atoms with E-state index in [1.54, 1.807) is 4.57 Å². The molecule has 1 N–H and O–H groups in total. The molecular formula is C14H15F2N3O2. The Morgan fingerprint density at radius 1 is 1.33 bits per heavy atom. The van der Waals surface area contributed by atoms with Gasteiger partial charge in [0, 0.05) is 18.5 Å². The zero-order valence-electron chi connectivity index (χ0n) is 11.3. The molecule has 0 saturated heterocycles. The summed E-state index contributed by atoms with van der Waals surface area (Å²) < 4.78 is 29.5. The molecule has 1 aliphatic rings. The summed E-state index contributed by atoms with van der Waals surface area (Å²) in [6.07, 6.45) is 1.28. The molecule has 5 nitrogen and oxygen atoms in total. The molecule has 0 fully saturated rings. The molecule has 2 heterocycles.